The Kier molecular flexibility index (Phi) is 4.01. The summed E-state index contributed by atoms with van der Waals surface area (Å²) in [5, 5.41) is 10.3. The molecule has 7 nitrogen and oxygen atoms in total. The van der Waals surface area contributed by atoms with Crippen molar-refractivity contribution in [2.75, 3.05) is 7.05 Å². The van der Waals surface area contributed by atoms with Gasteiger partial charge in [0.05, 0.1) is 11.9 Å². The van der Waals surface area contributed by atoms with Gasteiger partial charge in [-0.25, -0.2) is 9.78 Å². The zero-order valence-electron chi connectivity index (χ0n) is 12.5. The summed E-state index contributed by atoms with van der Waals surface area (Å²) in [6.45, 7) is 0.395. The third-order valence-electron chi connectivity index (χ3n) is 3.32. The molecule has 3 rings (SSSR count). The van der Waals surface area contributed by atoms with Crippen molar-refractivity contribution in [3.8, 4) is 5.69 Å². The molecule has 7 heteroatoms. The van der Waals surface area contributed by atoms with Crippen molar-refractivity contribution in [3.05, 3.63) is 76.5 Å². The molecule has 1 N–H and O–H groups in total. The number of hydrogen-bond acceptors (Lipinski definition) is 4. The molecule has 0 unspecified atom stereocenters. The van der Waals surface area contributed by atoms with E-state index in [0.29, 0.717) is 6.54 Å². The molecule has 0 fully saturated rings. The third-order valence-corrected chi connectivity index (χ3v) is 3.32. The highest BCUT2D eigenvalue weighted by atomic mass is 16.2. The van der Waals surface area contributed by atoms with Gasteiger partial charge in [0.1, 0.15) is 5.69 Å². The maximum Gasteiger partial charge on any atom is 0.274 e. The Morgan fingerprint density at radius 3 is 2.70 bits per heavy atom. The Hall–Kier alpha value is -3.22. The summed E-state index contributed by atoms with van der Waals surface area (Å²) < 4.78 is 1.76. The van der Waals surface area contributed by atoms with E-state index >= 15 is 0 Å². The molecule has 116 valence electrons. The smallest absolute Gasteiger partial charge is 0.274 e. The lowest BCUT2D eigenvalue weighted by Gasteiger charge is -2.15. The van der Waals surface area contributed by atoms with Crippen LogP contribution in [0.3, 0.4) is 0 Å². The molecule has 0 saturated carbocycles. The van der Waals surface area contributed by atoms with E-state index in [4.69, 9.17) is 0 Å². The number of nitrogens with zero attached hydrogens (tertiary/aromatic N) is 4. The van der Waals surface area contributed by atoms with Gasteiger partial charge in [-0.3, -0.25) is 9.59 Å². The van der Waals surface area contributed by atoms with Crippen LogP contribution in [0.1, 0.15) is 16.1 Å². The molecule has 0 saturated heterocycles. The van der Waals surface area contributed by atoms with Crippen LogP contribution in [-0.4, -0.2) is 37.8 Å². The van der Waals surface area contributed by atoms with Crippen molar-refractivity contribution in [1.29, 1.82) is 0 Å². The molecule has 0 spiro atoms. The summed E-state index contributed by atoms with van der Waals surface area (Å²) in [6, 6.07) is 12.4. The minimum Gasteiger partial charge on any atom is -0.336 e. The average molecular weight is 309 g/mol. The number of para-hydroxylation sites is 1. The zero-order valence-corrected chi connectivity index (χ0v) is 12.5. The minimum absolute atomic E-state index is 0.197. The monoisotopic (exact) mass is 309 g/mol. The molecule has 0 aliphatic carbocycles. The fraction of sp³-hybridized carbons (Fsp3) is 0.125. The molecule has 0 aliphatic rings. The van der Waals surface area contributed by atoms with E-state index in [9.17, 15) is 9.59 Å². The molecule has 1 amide bonds. The number of amides is 1. The van der Waals surface area contributed by atoms with E-state index in [2.05, 4.69) is 15.3 Å². The molecule has 1 aromatic carbocycles. The molecule has 0 atom stereocenters. The lowest BCUT2D eigenvalue weighted by molar-refractivity contribution is 0.0778. The Morgan fingerprint density at radius 1 is 1.22 bits per heavy atom. The van der Waals surface area contributed by atoms with Gasteiger partial charge in [0, 0.05) is 31.4 Å². The number of rotatable bonds is 4. The Bertz CT molecular complexity index is 849. The maximum absolute atomic E-state index is 12.3. The number of aromatic amines is 1. The lowest BCUT2D eigenvalue weighted by atomic mass is 10.3. The first kappa shape index (κ1) is 14.7. The van der Waals surface area contributed by atoms with Crippen LogP contribution in [0.15, 0.2) is 59.7 Å². The van der Waals surface area contributed by atoms with E-state index in [1.54, 1.807) is 17.9 Å². The van der Waals surface area contributed by atoms with Crippen molar-refractivity contribution in [2.24, 2.45) is 0 Å². The Labute approximate surface area is 132 Å². The highest BCUT2D eigenvalue weighted by Gasteiger charge is 2.14. The summed E-state index contributed by atoms with van der Waals surface area (Å²) in [6.07, 6.45) is 3.59. The molecule has 2 heterocycles. The van der Waals surface area contributed by atoms with Crippen LogP contribution in [0, 0.1) is 0 Å². The topological polar surface area (TPSA) is 83.9 Å². The van der Waals surface area contributed by atoms with Crippen LogP contribution in [0.2, 0.25) is 0 Å². The quantitative estimate of drug-likeness (QED) is 0.785. The first-order valence-electron chi connectivity index (χ1n) is 7.03. The number of benzene rings is 1. The van der Waals surface area contributed by atoms with Gasteiger partial charge in [0.2, 0.25) is 0 Å². The summed E-state index contributed by atoms with van der Waals surface area (Å²) in [5.41, 5.74) is 1.71. The minimum atomic E-state index is -0.339. The normalized spacial score (nSPS) is 10.5. The second-order valence-corrected chi connectivity index (χ2v) is 5.10. The van der Waals surface area contributed by atoms with Crippen LogP contribution < -0.4 is 5.56 Å². The maximum atomic E-state index is 12.3. The van der Waals surface area contributed by atoms with Gasteiger partial charge >= 0.3 is 0 Å². The van der Waals surface area contributed by atoms with Crippen molar-refractivity contribution in [2.45, 2.75) is 6.54 Å². The molecule has 23 heavy (non-hydrogen) atoms. The van der Waals surface area contributed by atoms with Crippen molar-refractivity contribution >= 4 is 5.91 Å². The van der Waals surface area contributed by atoms with Crippen LogP contribution in [0.4, 0.5) is 0 Å². The summed E-state index contributed by atoms with van der Waals surface area (Å²) in [4.78, 5) is 24.8. The average Bonchev–Trinajstić information content (AvgIpc) is 3.04. The van der Waals surface area contributed by atoms with E-state index in [1.165, 1.54) is 17.0 Å². The van der Waals surface area contributed by atoms with Gasteiger partial charge in [-0.1, -0.05) is 18.2 Å². The van der Waals surface area contributed by atoms with Crippen molar-refractivity contribution < 1.29 is 4.79 Å². The molecule has 3 aromatic rings. The van der Waals surface area contributed by atoms with Crippen LogP contribution in [-0.2, 0) is 6.54 Å². The highest BCUT2D eigenvalue weighted by Crippen LogP contribution is 2.10. The summed E-state index contributed by atoms with van der Waals surface area (Å²) in [7, 11) is 1.68. The number of aromatic nitrogens is 4. The fourth-order valence-corrected chi connectivity index (χ4v) is 2.17. The van der Waals surface area contributed by atoms with Gasteiger partial charge in [-0.15, -0.1) is 0 Å². The van der Waals surface area contributed by atoms with Gasteiger partial charge in [-0.05, 0) is 18.2 Å². The lowest BCUT2D eigenvalue weighted by Crippen LogP contribution is -2.28. The highest BCUT2D eigenvalue weighted by molar-refractivity contribution is 5.91. The predicted molar refractivity (Wildman–Crippen MR) is 84.2 cm³/mol. The molecular weight excluding hydrogens is 294 g/mol. The Morgan fingerprint density at radius 2 is 2.00 bits per heavy atom. The fourth-order valence-electron chi connectivity index (χ4n) is 2.17. The van der Waals surface area contributed by atoms with Gasteiger partial charge < -0.3 is 4.90 Å². The van der Waals surface area contributed by atoms with Crippen LogP contribution >= 0.6 is 0 Å². The standard InChI is InChI=1S/C16H15N5O2/c1-20(16(23)14-7-8-15(22)19-18-14)10-12-9-17-21(11-12)13-5-3-2-4-6-13/h2-9,11H,10H2,1H3,(H,19,22). The van der Waals surface area contributed by atoms with Crippen LogP contribution in [0.25, 0.3) is 5.69 Å². The number of nitrogens with one attached hydrogen (secondary N) is 1. The third kappa shape index (κ3) is 3.34. The largest absolute Gasteiger partial charge is 0.336 e. The van der Waals surface area contributed by atoms with E-state index < -0.39 is 0 Å². The van der Waals surface area contributed by atoms with Gasteiger partial charge in [-0.2, -0.15) is 10.2 Å². The summed E-state index contributed by atoms with van der Waals surface area (Å²) >= 11 is 0. The number of H-pyrrole nitrogens is 1. The number of carbonyl (C=O) groups excluding carboxylic acids is 1. The van der Waals surface area contributed by atoms with E-state index in [-0.39, 0.29) is 17.2 Å². The van der Waals surface area contributed by atoms with E-state index in [0.717, 1.165) is 11.3 Å². The predicted octanol–water partition coefficient (Wildman–Crippen LogP) is 1.23. The van der Waals surface area contributed by atoms with Gasteiger partial charge in [0.25, 0.3) is 11.5 Å². The number of hydrogen-bond donors (Lipinski definition) is 1. The SMILES string of the molecule is CN(Cc1cnn(-c2ccccc2)c1)C(=O)c1ccc(=O)[nH]n1. The molecular formula is C16H15N5O2. The zero-order chi connectivity index (χ0) is 16.2. The second-order valence-electron chi connectivity index (χ2n) is 5.10. The first-order valence-corrected chi connectivity index (χ1v) is 7.03. The van der Waals surface area contributed by atoms with Gasteiger partial charge in [0.15, 0.2) is 0 Å². The van der Waals surface area contributed by atoms with Crippen molar-refractivity contribution in [3.63, 3.8) is 0 Å². The number of carbonyl (C=O) groups is 1. The van der Waals surface area contributed by atoms with Crippen LogP contribution in [0.5, 0.6) is 0 Å². The molecule has 0 radical (unpaired) electrons. The van der Waals surface area contributed by atoms with E-state index in [1.807, 2.05) is 36.5 Å². The molecule has 0 bridgehead atoms. The Balaban J connectivity index is 1.72. The first-order chi connectivity index (χ1) is 11.1. The molecule has 0 aliphatic heterocycles. The second kappa shape index (κ2) is 6.27. The van der Waals surface area contributed by atoms with Crippen molar-refractivity contribution in [1.82, 2.24) is 24.9 Å². The molecule has 2 aromatic heterocycles. The summed E-state index contributed by atoms with van der Waals surface area (Å²) in [5.74, 6) is -0.270.